The van der Waals surface area contributed by atoms with Crippen molar-refractivity contribution in [2.24, 2.45) is 7.05 Å². The van der Waals surface area contributed by atoms with E-state index in [1.54, 1.807) is 22.0 Å². The van der Waals surface area contributed by atoms with Gasteiger partial charge in [0, 0.05) is 53.4 Å². The summed E-state index contributed by atoms with van der Waals surface area (Å²) in [4.78, 5) is 20.2. The molecule has 0 radical (unpaired) electrons. The first kappa shape index (κ1) is 13.0. The average molecular weight is 251 g/mol. The van der Waals surface area contributed by atoms with Crippen molar-refractivity contribution in [1.82, 2.24) is 24.7 Å². The highest BCUT2D eigenvalue weighted by atomic mass is 16.2. The Morgan fingerprint density at radius 2 is 2.22 bits per heavy atom. The van der Waals surface area contributed by atoms with Gasteiger partial charge >= 0.3 is 0 Å². The molecular formula is C12H21N5O. The normalized spacial score (nSPS) is 16.8. The van der Waals surface area contributed by atoms with Gasteiger partial charge in [0.15, 0.2) is 0 Å². The van der Waals surface area contributed by atoms with Gasteiger partial charge in [-0.05, 0) is 0 Å². The molecule has 2 rings (SSSR count). The maximum atomic E-state index is 12.1. The van der Waals surface area contributed by atoms with Gasteiger partial charge in [-0.3, -0.25) is 9.69 Å². The summed E-state index contributed by atoms with van der Waals surface area (Å²) in [5.41, 5.74) is 0.637. The number of carbonyl (C=O) groups excluding carboxylic acids is 1. The Morgan fingerprint density at radius 1 is 1.50 bits per heavy atom. The third-order valence-electron chi connectivity index (χ3n) is 3.34. The van der Waals surface area contributed by atoms with E-state index < -0.39 is 0 Å². The lowest BCUT2D eigenvalue weighted by Gasteiger charge is -2.29. The van der Waals surface area contributed by atoms with Crippen LogP contribution in [0.15, 0.2) is 12.5 Å². The maximum absolute atomic E-state index is 12.1. The number of likely N-dealkylation sites (N-methyl/N-ethyl adjacent to an activating group) is 1. The smallest absolute Gasteiger partial charge is 0.271 e. The molecule has 0 saturated carbocycles. The number of imidazole rings is 1. The lowest BCUT2D eigenvalue weighted by molar-refractivity contribution is 0.0765. The first-order chi connectivity index (χ1) is 8.68. The third kappa shape index (κ3) is 3.08. The van der Waals surface area contributed by atoms with Crippen LogP contribution in [0.5, 0.6) is 0 Å². The summed E-state index contributed by atoms with van der Waals surface area (Å²) in [5.74, 6) is 0.0325. The second-order valence-corrected chi connectivity index (χ2v) is 4.71. The first-order valence-electron chi connectivity index (χ1n) is 6.33. The highest BCUT2D eigenvalue weighted by Crippen LogP contribution is 2.02. The van der Waals surface area contributed by atoms with E-state index in [0.29, 0.717) is 5.69 Å². The predicted octanol–water partition coefficient (Wildman–Crippen LogP) is -0.603. The van der Waals surface area contributed by atoms with E-state index in [9.17, 15) is 4.79 Å². The van der Waals surface area contributed by atoms with E-state index in [0.717, 1.165) is 39.3 Å². The molecule has 1 saturated heterocycles. The molecule has 18 heavy (non-hydrogen) atoms. The molecule has 0 aromatic carbocycles. The Kier molecular flexibility index (Phi) is 4.33. The van der Waals surface area contributed by atoms with E-state index in [1.165, 1.54) is 0 Å². The average Bonchev–Trinajstić information content (AvgIpc) is 2.82. The molecule has 0 unspecified atom stereocenters. The van der Waals surface area contributed by atoms with E-state index in [1.807, 2.05) is 14.1 Å². The van der Waals surface area contributed by atoms with E-state index in [2.05, 4.69) is 15.2 Å². The lowest BCUT2D eigenvalue weighted by Crippen LogP contribution is -2.46. The quantitative estimate of drug-likeness (QED) is 0.776. The topological polar surface area (TPSA) is 53.4 Å². The molecule has 2 heterocycles. The second-order valence-electron chi connectivity index (χ2n) is 4.71. The molecule has 1 N–H and O–H groups in total. The van der Waals surface area contributed by atoms with Gasteiger partial charge < -0.3 is 14.8 Å². The third-order valence-corrected chi connectivity index (χ3v) is 3.34. The van der Waals surface area contributed by atoms with Gasteiger partial charge in [-0.25, -0.2) is 4.98 Å². The molecular weight excluding hydrogens is 230 g/mol. The molecule has 6 nitrogen and oxygen atoms in total. The van der Waals surface area contributed by atoms with Crippen LogP contribution in [-0.4, -0.2) is 71.6 Å². The number of hydrogen-bond acceptors (Lipinski definition) is 4. The fourth-order valence-electron chi connectivity index (χ4n) is 2.09. The van der Waals surface area contributed by atoms with E-state index in [4.69, 9.17) is 0 Å². The zero-order valence-corrected chi connectivity index (χ0v) is 11.1. The number of hydrogen-bond donors (Lipinski definition) is 1. The van der Waals surface area contributed by atoms with Crippen molar-refractivity contribution in [3.8, 4) is 0 Å². The summed E-state index contributed by atoms with van der Waals surface area (Å²) >= 11 is 0. The van der Waals surface area contributed by atoms with Crippen molar-refractivity contribution in [1.29, 1.82) is 0 Å². The van der Waals surface area contributed by atoms with Gasteiger partial charge in [0.2, 0.25) is 0 Å². The molecule has 0 bridgehead atoms. The van der Waals surface area contributed by atoms with Gasteiger partial charge in [0.1, 0.15) is 5.69 Å². The van der Waals surface area contributed by atoms with Crippen LogP contribution in [-0.2, 0) is 7.05 Å². The number of aromatic nitrogens is 2. The largest absolute Gasteiger partial charge is 0.339 e. The minimum absolute atomic E-state index is 0.0325. The van der Waals surface area contributed by atoms with Crippen LogP contribution in [0.4, 0.5) is 0 Å². The molecule has 6 heteroatoms. The van der Waals surface area contributed by atoms with E-state index in [-0.39, 0.29) is 5.91 Å². The zero-order valence-electron chi connectivity index (χ0n) is 11.1. The fourth-order valence-corrected chi connectivity index (χ4v) is 2.09. The first-order valence-corrected chi connectivity index (χ1v) is 6.33. The maximum Gasteiger partial charge on any atom is 0.271 e. The molecule has 1 aromatic rings. The van der Waals surface area contributed by atoms with Gasteiger partial charge in [-0.15, -0.1) is 0 Å². The summed E-state index contributed by atoms with van der Waals surface area (Å²) in [6, 6.07) is 0. The van der Waals surface area contributed by atoms with Gasteiger partial charge in [0.05, 0.1) is 12.5 Å². The minimum atomic E-state index is 0.0325. The molecule has 100 valence electrons. The van der Waals surface area contributed by atoms with Gasteiger partial charge in [0.25, 0.3) is 5.91 Å². The molecule has 0 atom stereocenters. The van der Waals surface area contributed by atoms with E-state index >= 15 is 0 Å². The molecule has 1 aliphatic rings. The summed E-state index contributed by atoms with van der Waals surface area (Å²) in [6.45, 7) is 5.89. The fraction of sp³-hybridized carbons (Fsp3) is 0.667. The van der Waals surface area contributed by atoms with Crippen molar-refractivity contribution >= 4 is 5.91 Å². The number of carbonyl (C=O) groups is 1. The van der Waals surface area contributed by atoms with Gasteiger partial charge in [-0.2, -0.15) is 0 Å². The minimum Gasteiger partial charge on any atom is -0.339 e. The summed E-state index contributed by atoms with van der Waals surface area (Å²) in [5, 5.41) is 3.32. The SMILES string of the molecule is CN(CCN1CCNCC1)C(=O)c1cncn1C. The van der Waals surface area contributed by atoms with Crippen LogP contribution < -0.4 is 5.32 Å². The molecule has 1 aliphatic heterocycles. The highest BCUT2D eigenvalue weighted by Gasteiger charge is 2.16. The zero-order chi connectivity index (χ0) is 13.0. The summed E-state index contributed by atoms with van der Waals surface area (Å²) in [6.07, 6.45) is 3.26. The van der Waals surface area contributed by atoms with Crippen LogP contribution in [0.1, 0.15) is 10.5 Å². The summed E-state index contributed by atoms with van der Waals surface area (Å²) in [7, 11) is 3.68. The highest BCUT2D eigenvalue weighted by molar-refractivity contribution is 5.92. The summed E-state index contributed by atoms with van der Waals surface area (Å²) < 4.78 is 1.75. The Labute approximate surface area is 108 Å². The number of nitrogens with one attached hydrogen (secondary N) is 1. The molecule has 1 amide bonds. The number of aryl methyl sites for hydroxylation is 1. The van der Waals surface area contributed by atoms with Gasteiger partial charge in [-0.1, -0.05) is 0 Å². The number of piperazine rings is 1. The predicted molar refractivity (Wildman–Crippen MR) is 69.5 cm³/mol. The monoisotopic (exact) mass is 251 g/mol. The van der Waals surface area contributed by atoms with Crippen LogP contribution in [0.25, 0.3) is 0 Å². The van der Waals surface area contributed by atoms with Crippen molar-refractivity contribution in [3.63, 3.8) is 0 Å². The molecule has 0 spiro atoms. The Bertz CT molecular complexity index is 397. The van der Waals surface area contributed by atoms with Crippen molar-refractivity contribution < 1.29 is 4.79 Å². The second kappa shape index (κ2) is 5.97. The number of nitrogens with zero attached hydrogens (tertiary/aromatic N) is 4. The Hall–Kier alpha value is -1.40. The molecule has 0 aliphatic carbocycles. The van der Waals surface area contributed by atoms with Crippen molar-refractivity contribution in [3.05, 3.63) is 18.2 Å². The van der Waals surface area contributed by atoms with Crippen LogP contribution in [0, 0.1) is 0 Å². The van der Waals surface area contributed by atoms with Crippen LogP contribution in [0.3, 0.4) is 0 Å². The van der Waals surface area contributed by atoms with Crippen molar-refractivity contribution in [2.45, 2.75) is 0 Å². The lowest BCUT2D eigenvalue weighted by atomic mass is 10.3. The number of rotatable bonds is 4. The number of amides is 1. The van der Waals surface area contributed by atoms with Crippen molar-refractivity contribution in [2.75, 3.05) is 46.3 Å². The van der Waals surface area contributed by atoms with Crippen LogP contribution in [0.2, 0.25) is 0 Å². The standard InChI is InChI=1S/C12H21N5O/c1-15(7-8-17-5-3-13-4-6-17)12(18)11-9-14-10-16(11)2/h9-10,13H,3-8H2,1-2H3. The molecule has 1 fully saturated rings. The van der Waals surface area contributed by atoms with Crippen LogP contribution >= 0.6 is 0 Å². The molecule has 1 aromatic heterocycles. The Morgan fingerprint density at radius 3 is 2.83 bits per heavy atom. The Balaban J connectivity index is 1.82.